The van der Waals surface area contributed by atoms with Gasteiger partial charge < -0.3 is 10.1 Å². The third-order valence-electron chi connectivity index (χ3n) is 4.97. The maximum Gasteiger partial charge on any atom is 0.0826 e. The van der Waals surface area contributed by atoms with Crippen LogP contribution in [0.4, 0.5) is 0 Å². The first-order valence-corrected chi connectivity index (χ1v) is 8.63. The second-order valence-electron chi connectivity index (χ2n) is 7.47. The topological polar surface area (TPSA) is 24.5 Å². The van der Waals surface area contributed by atoms with Crippen LogP contribution in [0, 0.1) is 17.8 Å². The zero-order chi connectivity index (χ0) is 14.5. The van der Waals surface area contributed by atoms with Crippen LogP contribution in [0.15, 0.2) is 0 Å². The number of morpholine rings is 1. The van der Waals surface area contributed by atoms with Gasteiger partial charge in [0.1, 0.15) is 0 Å². The van der Waals surface area contributed by atoms with Crippen molar-refractivity contribution in [3.63, 3.8) is 0 Å². The van der Waals surface area contributed by atoms with Crippen molar-refractivity contribution in [2.45, 2.75) is 59.1 Å². The maximum atomic E-state index is 5.95. The van der Waals surface area contributed by atoms with Gasteiger partial charge in [0.25, 0.3) is 0 Å². The fourth-order valence-electron chi connectivity index (χ4n) is 3.94. The average Bonchev–Trinajstić information content (AvgIpc) is 2.38. The minimum atomic E-state index is 0.379. The molecule has 0 radical (unpaired) electrons. The summed E-state index contributed by atoms with van der Waals surface area (Å²) in [5, 5.41) is 3.81. The van der Waals surface area contributed by atoms with Crippen molar-refractivity contribution < 1.29 is 4.74 Å². The molecule has 118 valence electrons. The fourth-order valence-corrected chi connectivity index (χ4v) is 3.94. The van der Waals surface area contributed by atoms with E-state index in [1.54, 1.807) is 0 Å². The number of rotatable bonds is 5. The van der Waals surface area contributed by atoms with E-state index in [0.717, 1.165) is 44.0 Å². The molecule has 1 saturated heterocycles. The zero-order valence-electron chi connectivity index (χ0n) is 13.9. The highest BCUT2D eigenvalue weighted by molar-refractivity contribution is 4.85. The van der Waals surface area contributed by atoms with Gasteiger partial charge in [-0.2, -0.15) is 0 Å². The Hall–Kier alpha value is -0.120. The molecule has 0 aromatic rings. The van der Waals surface area contributed by atoms with E-state index in [1.807, 2.05) is 0 Å². The van der Waals surface area contributed by atoms with E-state index in [0.29, 0.717) is 12.1 Å². The molecule has 1 heterocycles. The quantitative estimate of drug-likeness (QED) is 0.839. The third-order valence-corrected chi connectivity index (χ3v) is 4.97. The van der Waals surface area contributed by atoms with E-state index < -0.39 is 0 Å². The average molecular weight is 282 g/mol. The summed E-state index contributed by atoms with van der Waals surface area (Å²) < 4.78 is 5.95. The Morgan fingerprint density at radius 3 is 2.55 bits per heavy atom. The van der Waals surface area contributed by atoms with Crippen LogP contribution in [0.25, 0.3) is 0 Å². The molecular formula is C17H34N2O. The lowest BCUT2D eigenvalue weighted by atomic mass is 9.78. The van der Waals surface area contributed by atoms with Crippen molar-refractivity contribution in [3.05, 3.63) is 0 Å². The van der Waals surface area contributed by atoms with Crippen molar-refractivity contribution in [3.8, 4) is 0 Å². The molecule has 2 aliphatic rings. The number of hydrogen-bond acceptors (Lipinski definition) is 3. The zero-order valence-corrected chi connectivity index (χ0v) is 13.9. The minimum Gasteiger partial charge on any atom is -0.374 e. The molecule has 0 aromatic heterocycles. The first kappa shape index (κ1) is 16.3. The normalized spacial score (nSPS) is 36.5. The summed E-state index contributed by atoms with van der Waals surface area (Å²) in [7, 11) is 0. The molecule has 2 fully saturated rings. The van der Waals surface area contributed by atoms with E-state index in [9.17, 15) is 0 Å². The Balaban J connectivity index is 1.75. The van der Waals surface area contributed by atoms with Crippen molar-refractivity contribution in [1.82, 2.24) is 10.2 Å². The smallest absolute Gasteiger partial charge is 0.0826 e. The van der Waals surface area contributed by atoms with Crippen LogP contribution in [-0.4, -0.2) is 49.8 Å². The molecule has 0 spiro atoms. The van der Waals surface area contributed by atoms with Crippen LogP contribution in [0.5, 0.6) is 0 Å². The van der Waals surface area contributed by atoms with Gasteiger partial charge >= 0.3 is 0 Å². The summed E-state index contributed by atoms with van der Waals surface area (Å²) in [4.78, 5) is 2.56. The molecule has 2 rings (SSSR count). The highest BCUT2D eigenvalue weighted by atomic mass is 16.5. The largest absolute Gasteiger partial charge is 0.374 e. The summed E-state index contributed by atoms with van der Waals surface area (Å²) in [6, 6.07) is 0.688. The molecule has 1 N–H and O–H groups in total. The molecule has 3 heteroatoms. The van der Waals surface area contributed by atoms with Crippen molar-refractivity contribution >= 4 is 0 Å². The molecule has 3 unspecified atom stereocenters. The van der Waals surface area contributed by atoms with Gasteiger partial charge in [0.15, 0.2) is 0 Å². The lowest BCUT2D eigenvalue weighted by molar-refractivity contribution is -0.0333. The molecular weight excluding hydrogens is 248 g/mol. The third kappa shape index (κ3) is 4.71. The standard InChI is InChI=1S/C17H34N2O/c1-13(2)11-19-8-9-20-16(12-19)10-18-17-14(3)6-5-7-15(17)4/h13-18H,5-12H2,1-4H3. The highest BCUT2D eigenvalue weighted by Crippen LogP contribution is 2.28. The van der Waals surface area contributed by atoms with E-state index in [-0.39, 0.29) is 0 Å². The second kappa shape index (κ2) is 7.77. The van der Waals surface area contributed by atoms with Gasteiger partial charge in [-0.3, -0.25) is 4.90 Å². The fraction of sp³-hybridized carbons (Fsp3) is 1.00. The van der Waals surface area contributed by atoms with Gasteiger partial charge in [0.2, 0.25) is 0 Å². The van der Waals surface area contributed by atoms with Crippen molar-refractivity contribution in [1.29, 1.82) is 0 Å². The molecule has 0 amide bonds. The Kier molecular flexibility index (Phi) is 6.31. The predicted molar refractivity (Wildman–Crippen MR) is 85.0 cm³/mol. The van der Waals surface area contributed by atoms with E-state index in [4.69, 9.17) is 4.74 Å². The summed E-state index contributed by atoms with van der Waals surface area (Å²) >= 11 is 0. The van der Waals surface area contributed by atoms with Crippen molar-refractivity contribution in [2.24, 2.45) is 17.8 Å². The Labute approximate surface area is 125 Å². The van der Waals surface area contributed by atoms with Gasteiger partial charge in [-0.1, -0.05) is 34.1 Å². The minimum absolute atomic E-state index is 0.379. The van der Waals surface area contributed by atoms with Gasteiger partial charge in [0, 0.05) is 32.2 Å². The lowest BCUT2D eigenvalue weighted by Gasteiger charge is -2.38. The Morgan fingerprint density at radius 2 is 1.90 bits per heavy atom. The first-order valence-electron chi connectivity index (χ1n) is 8.63. The van der Waals surface area contributed by atoms with E-state index >= 15 is 0 Å². The van der Waals surface area contributed by atoms with Crippen LogP contribution in [0.1, 0.15) is 47.0 Å². The number of nitrogens with one attached hydrogen (secondary N) is 1. The van der Waals surface area contributed by atoms with Crippen LogP contribution in [0.2, 0.25) is 0 Å². The molecule has 0 bridgehead atoms. The van der Waals surface area contributed by atoms with E-state index in [1.165, 1.54) is 25.8 Å². The lowest BCUT2D eigenvalue weighted by Crippen LogP contribution is -2.51. The molecule has 3 atom stereocenters. The molecule has 3 nitrogen and oxygen atoms in total. The van der Waals surface area contributed by atoms with E-state index in [2.05, 4.69) is 37.9 Å². The summed E-state index contributed by atoms with van der Waals surface area (Å²) in [6.45, 7) is 14.7. The maximum absolute atomic E-state index is 5.95. The predicted octanol–water partition coefficient (Wildman–Crippen LogP) is 2.76. The molecule has 1 saturated carbocycles. The van der Waals surface area contributed by atoms with Crippen LogP contribution in [0.3, 0.4) is 0 Å². The van der Waals surface area contributed by atoms with Gasteiger partial charge in [-0.15, -0.1) is 0 Å². The number of hydrogen-bond donors (Lipinski definition) is 1. The molecule has 1 aliphatic carbocycles. The summed E-state index contributed by atoms with van der Waals surface area (Å²) in [5.74, 6) is 2.38. The monoisotopic (exact) mass is 282 g/mol. The Morgan fingerprint density at radius 1 is 1.20 bits per heavy atom. The Bertz CT molecular complexity index is 272. The molecule has 0 aromatic carbocycles. The van der Waals surface area contributed by atoms with Crippen molar-refractivity contribution in [2.75, 3.05) is 32.8 Å². The number of ether oxygens (including phenoxy) is 1. The molecule has 1 aliphatic heterocycles. The van der Waals surface area contributed by atoms with Crippen LogP contribution >= 0.6 is 0 Å². The summed E-state index contributed by atoms with van der Waals surface area (Å²) in [6.07, 6.45) is 4.55. The highest BCUT2D eigenvalue weighted by Gasteiger charge is 2.29. The van der Waals surface area contributed by atoms with Gasteiger partial charge in [-0.25, -0.2) is 0 Å². The van der Waals surface area contributed by atoms with Crippen LogP contribution in [-0.2, 0) is 4.74 Å². The van der Waals surface area contributed by atoms with Crippen LogP contribution < -0.4 is 5.32 Å². The SMILES string of the molecule is CC(C)CN1CCOC(CNC2C(C)CCCC2C)C1. The molecule has 20 heavy (non-hydrogen) atoms. The van der Waals surface area contributed by atoms with Gasteiger partial charge in [0.05, 0.1) is 12.7 Å². The summed E-state index contributed by atoms with van der Waals surface area (Å²) in [5.41, 5.74) is 0. The number of nitrogens with zero attached hydrogens (tertiary/aromatic N) is 1. The second-order valence-corrected chi connectivity index (χ2v) is 7.47. The van der Waals surface area contributed by atoms with Gasteiger partial charge in [-0.05, 0) is 30.6 Å². The first-order chi connectivity index (χ1) is 9.56.